The quantitative estimate of drug-likeness (QED) is 0.349. The Bertz CT molecular complexity index is 1490. The Hall–Kier alpha value is -3.45. The summed E-state index contributed by atoms with van der Waals surface area (Å²) in [6.07, 6.45) is 1.38. The summed E-state index contributed by atoms with van der Waals surface area (Å²) in [7, 11) is -4.08. The van der Waals surface area contributed by atoms with Crippen LogP contribution in [0, 0.1) is 5.82 Å². The summed E-state index contributed by atoms with van der Waals surface area (Å²) >= 11 is 0. The normalized spacial score (nSPS) is 11.8. The largest absolute Gasteiger partial charge is 0.494 e. The van der Waals surface area contributed by atoms with Crippen LogP contribution in [0.3, 0.4) is 0 Å². The molecule has 0 fully saturated rings. The lowest BCUT2D eigenvalue weighted by atomic mass is 10.0. The van der Waals surface area contributed by atoms with Gasteiger partial charge in [0.1, 0.15) is 16.5 Å². The van der Waals surface area contributed by atoms with Gasteiger partial charge >= 0.3 is 0 Å². The predicted octanol–water partition coefficient (Wildman–Crippen LogP) is 5.54. The molecule has 1 heterocycles. The summed E-state index contributed by atoms with van der Waals surface area (Å²) in [6, 6.07) is 17.6. The highest BCUT2D eigenvalue weighted by atomic mass is 32.2. The lowest BCUT2D eigenvalue weighted by molar-refractivity contribution is 0.340. The number of rotatable bonds is 7. The van der Waals surface area contributed by atoms with Gasteiger partial charge in [0.05, 0.1) is 22.4 Å². The van der Waals surface area contributed by atoms with Crippen molar-refractivity contribution in [3.05, 3.63) is 100 Å². The molecule has 0 saturated carbocycles. The average Bonchev–Trinajstić information content (AvgIpc) is 2.82. The first-order valence-corrected chi connectivity index (χ1v) is 12.6. The molecule has 4 rings (SSSR count). The fourth-order valence-corrected chi connectivity index (χ4v) is 5.24. The first-order chi connectivity index (χ1) is 16.2. The zero-order chi connectivity index (χ0) is 24.5. The summed E-state index contributed by atoms with van der Waals surface area (Å²) in [5.41, 5.74) is 1.75. The molecule has 0 aliphatic heterocycles. The molecule has 4 aromatic rings. The van der Waals surface area contributed by atoms with Crippen LogP contribution in [0.1, 0.15) is 37.8 Å². The van der Waals surface area contributed by atoms with Crippen LogP contribution in [-0.4, -0.2) is 19.6 Å². The molecule has 1 aromatic heterocycles. The summed E-state index contributed by atoms with van der Waals surface area (Å²) in [5.74, 6) is 0.376. The second-order valence-electron chi connectivity index (χ2n) is 8.42. The molecule has 3 aromatic carbocycles. The molecular weight excluding hydrogens is 453 g/mol. The molecule has 0 aliphatic carbocycles. The van der Waals surface area contributed by atoms with E-state index < -0.39 is 15.3 Å². The molecule has 0 saturated heterocycles. The maximum atomic E-state index is 13.5. The van der Waals surface area contributed by atoms with Crippen LogP contribution in [0.4, 0.5) is 4.39 Å². The maximum absolute atomic E-state index is 13.5. The van der Waals surface area contributed by atoms with Gasteiger partial charge in [-0.05, 0) is 66.4 Å². The minimum atomic E-state index is -4.08. The van der Waals surface area contributed by atoms with Crippen molar-refractivity contribution in [2.24, 2.45) is 0 Å². The number of sulfone groups is 1. The molecule has 0 bridgehead atoms. The van der Waals surface area contributed by atoms with Crippen LogP contribution in [0.5, 0.6) is 5.75 Å². The van der Waals surface area contributed by atoms with Gasteiger partial charge in [-0.25, -0.2) is 12.8 Å². The number of benzene rings is 3. The van der Waals surface area contributed by atoms with E-state index in [9.17, 15) is 17.6 Å². The molecule has 0 amide bonds. The predicted molar refractivity (Wildman–Crippen MR) is 131 cm³/mol. The second kappa shape index (κ2) is 9.43. The summed E-state index contributed by atoms with van der Waals surface area (Å²) in [4.78, 5) is 13.2. The smallest absolute Gasteiger partial charge is 0.211 e. The van der Waals surface area contributed by atoms with Gasteiger partial charge in [-0.15, -0.1) is 0 Å². The zero-order valence-corrected chi connectivity index (χ0v) is 20.1. The Morgan fingerprint density at radius 1 is 0.971 bits per heavy atom. The summed E-state index contributed by atoms with van der Waals surface area (Å²) in [6.45, 7) is 6.56. The number of fused-ring (bicyclic) bond motifs is 1. The molecule has 176 valence electrons. The van der Waals surface area contributed by atoms with E-state index in [-0.39, 0.29) is 33.5 Å². The van der Waals surface area contributed by atoms with E-state index in [1.54, 1.807) is 47.0 Å². The van der Waals surface area contributed by atoms with Crippen LogP contribution in [0.25, 0.3) is 10.9 Å². The van der Waals surface area contributed by atoms with E-state index in [4.69, 9.17) is 4.74 Å². The maximum Gasteiger partial charge on any atom is 0.211 e. The molecular formula is C27H26FNO4S. The number of halogens is 1. The van der Waals surface area contributed by atoms with E-state index in [0.717, 1.165) is 11.1 Å². The number of ether oxygens (including phenoxy) is 1. The Balaban J connectivity index is 1.92. The van der Waals surface area contributed by atoms with Gasteiger partial charge in [-0.3, -0.25) is 4.79 Å². The second-order valence-corrected chi connectivity index (χ2v) is 10.3. The fourth-order valence-electron chi connectivity index (χ4n) is 3.87. The Morgan fingerprint density at radius 3 is 2.26 bits per heavy atom. The van der Waals surface area contributed by atoms with E-state index >= 15 is 0 Å². The van der Waals surface area contributed by atoms with Gasteiger partial charge in [0.2, 0.25) is 15.3 Å². The van der Waals surface area contributed by atoms with Crippen LogP contribution in [0.15, 0.2) is 87.5 Å². The van der Waals surface area contributed by atoms with Gasteiger partial charge in [-0.2, -0.15) is 0 Å². The molecule has 0 aliphatic rings. The average molecular weight is 480 g/mol. The Labute approximate surface area is 198 Å². The zero-order valence-electron chi connectivity index (χ0n) is 19.3. The first-order valence-electron chi connectivity index (χ1n) is 11.1. The minimum Gasteiger partial charge on any atom is -0.494 e. The minimum absolute atomic E-state index is 0.0580. The standard InChI is InChI=1S/C27H26FNO4S/c1-4-33-22-11-14-25-24(15-22)27(30)26(17-29(25)16-19-5-9-21(28)10-6-19)34(31,32)23-12-7-20(8-13-23)18(2)3/h5-15,17-18H,4,16H2,1-3H3. The van der Waals surface area contributed by atoms with Gasteiger partial charge < -0.3 is 9.30 Å². The van der Waals surface area contributed by atoms with Gasteiger partial charge in [0.15, 0.2) is 0 Å². The number of pyridine rings is 1. The topological polar surface area (TPSA) is 65.4 Å². The number of nitrogens with zero attached hydrogens (tertiary/aromatic N) is 1. The molecule has 0 radical (unpaired) electrons. The first kappa shape index (κ1) is 23.7. The Kier molecular flexibility index (Phi) is 6.57. The monoisotopic (exact) mass is 479 g/mol. The van der Waals surface area contributed by atoms with Crippen molar-refractivity contribution < 1.29 is 17.5 Å². The lowest BCUT2D eigenvalue weighted by Crippen LogP contribution is -2.20. The van der Waals surface area contributed by atoms with Crippen molar-refractivity contribution in [3.8, 4) is 5.75 Å². The van der Waals surface area contributed by atoms with E-state index in [2.05, 4.69) is 0 Å². The third kappa shape index (κ3) is 4.61. The highest BCUT2D eigenvalue weighted by Gasteiger charge is 2.24. The molecule has 7 heteroatoms. The molecule has 5 nitrogen and oxygen atoms in total. The van der Waals surface area contributed by atoms with Gasteiger partial charge in [-0.1, -0.05) is 38.1 Å². The highest BCUT2D eigenvalue weighted by Crippen LogP contribution is 2.26. The molecule has 0 unspecified atom stereocenters. The van der Waals surface area contributed by atoms with Crippen molar-refractivity contribution in [2.45, 2.75) is 43.0 Å². The van der Waals surface area contributed by atoms with Gasteiger partial charge in [0, 0.05) is 12.7 Å². The molecule has 34 heavy (non-hydrogen) atoms. The third-order valence-electron chi connectivity index (χ3n) is 5.74. The van der Waals surface area contributed by atoms with Crippen LogP contribution in [-0.2, 0) is 16.4 Å². The molecule has 0 N–H and O–H groups in total. The highest BCUT2D eigenvalue weighted by molar-refractivity contribution is 7.91. The van der Waals surface area contributed by atoms with Crippen molar-refractivity contribution in [1.82, 2.24) is 4.57 Å². The number of hydrogen-bond donors (Lipinski definition) is 0. The number of hydrogen-bond acceptors (Lipinski definition) is 4. The summed E-state index contributed by atoms with van der Waals surface area (Å²) in [5, 5.41) is 0.243. The fraction of sp³-hybridized carbons (Fsp3) is 0.222. The van der Waals surface area contributed by atoms with E-state index in [0.29, 0.717) is 17.9 Å². The molecule has 0 spiro atoms. The van der Waals surface area contributed by atoms with E-state index in [1.807, 2.05) is 20.8 Å². The number of aromatic nitrogens is 1. The van der Waals surface area contributed by atoms with Crippen molar-refractivity contribution in [1.29, 1.82) is 0 Å². The van der Waals surface area contributed by atoms with Gasteiger partial charge in [0.25, 0.3) is 0 Å². The van der Waals surface area contributed by atoms with Crippen LogP contribution in [0.2, 0.25) is 0 Å². The Morgan fingerprint density at radius 2 is 1.65 bits per heavy atom. The SMILES string of the molecule is CCOc1ccc2c(c1)c(=O)c(S(=O)(=O)c1ccc(C(C)C)cc1)cn2Cc1ccc(F)cc1. The third-order valence-corrected chi connectivity index (χ3v) is 7.51. The summed E-state index contributed by atoms with van der Waals surface area (Å²) < 4.78 is 47.7. The van der Waals surface area contributed by atoms with Crippen LogP contribution < -0.4 is 10.2 Å². The van der Waals surface area contributed by atoms with Crippen molar-refractivity contribution in [3.63, 3.8) is 0 Å². The van der Waals surface area contributed by atoms with Crippen LogP contribution >= 0.6 is 0 Å². The lowest BCUT2D eigenvalue weighted by Gasteiger charge is -2.15. The van der Waals surface area contributed by atoms with E-state index in [1.165, 1.54) is 30.5 Å². The van der Waals surface area contributed by atoms with Crippen molar-refractivity contribution in [2.75, 3.05) is 6.61 Å². The van der Waals surface area contributed by atoms with Crippen molar-refractivity contribution >= 4 is 20.7 Å². The molecule has 0 atom stereocenters.